The van der Waals surface area contributed by atoms with Crippen LogP contribution in [0.25, 0.3) is 10.9 Å². The molecular formula is C19H25N3O2. The second kappa shape index (κ2) is 6.67. The van der Waals surface area contributed by atoms with Crippen LogP contribution in [0.5, 0.6) is 0 Å². The zero-order chi connectivity index (χ0) is 17.3. The molecule has 24 heavy (non-hydrogen) atoms. The van der Waals surface area contributed by atoms with Crippen LogP contribution in [-0.4, -0.2) is 52.4 Å². The first kappa shape index (κ1) is 16.6. The van der Waals surface area contributed by atoms with Gasteiger partial charge in [0.15, 0.2) is 0 Å². The van der Waals surface area contributed by atoms with Gasteiger partial charge in [0.05, 0.1) is 5.56 Å². The Morgan fingerprint density at radius 2 is 1.67 bits per heavy atom. The Morgan fingerprint density at radius 3 is 2.33 bits per heavy atom. The van der Waals surface area contributed by atoms with Gasteiger partial charge in [0.2, 0.25) is 5.91 Å². The number of fused-ring (bicyclic) bond motifs is 1. The van der Waals surface area contributed by atoms with Gasteiger partial charge in [-0.1, -0.05) is 32.0 Å². The summed E-state index contributed by atoms with van der Waals surface area (Å²) in [6.45, 7) is 6.57. The standard InChI is InChI=1S/C19H25N3O2/c1-14(2)12-18(23)21-8-10-22(11-9-21)19(24)16-13-20(3)17-7-5-4-6-15(16)17/h4-7,13-14H,8-12H2,1-3H3. The number of hydrogen-bond acceptors (Lipinski definition) is 2. The van der Waals surface area contributed by atoms with Crippen LogP contribution < -0.4 is 0 Å². The summed E-state index contributed by atoms with van der Waals surface area (Å²) >= 11 is 0. The number of benzene rings is 1. The maximum Gasteiger partial charge on any atom is 0.256 e. The molecule has 2 aromatic rings. The van der Waals surface area contributed by atoms with Gasteiger partial charge in [-0.15, -0.1) is 0 Å². The van der Waals surface area contributed by atoms with Crippen LogP contribution in [0.15, 0.2) is 30.5 Å². The number of carbonyl (C=O) groups is 2. The number of piperazine rings is 1. The van der Waals surface area contributed by atoms with Crippen LogP contribution >= 0.6 is 0 Å². The lowest BCUT2D eigenvalue weighted by atomic mass is 10.1. The topological polar surface area (TPSA) is 45.6 Å². The summed E-state index contributed by atoms with van der Waals surface area (Å²) in [6.07, 6.45) is 2.49. The van der Waals surface area contributed by atoms with Gasteiger partial charge in [-0.3, -0.25) is 9.59 Å². The van der Waals surface area contributed by atoms with Crippen LogP contribution in [0.1, 0.15) is 30.6 Å². The highest BCUT2D eigenvalue weighted by atomic mass is 16.2. The van der Waals surface area contributed by atoms with E-state index in [1.165, 1.54) is 0 Å². The summed E-state index contributed by atoms with van der Waals surface area (Å²) in [7, 11) is 1.96. The zero-order valence-corrected chi connectivity index (χ0v) is 14.7. The normalized spacial score (nSPS) is 15.3. The number of nitrogens with zero attached hydrogens (tertiary/aromatic N) is 3. The molecule has 1 aromatic heterocycles. The highest BCUT2D eigenvalue weighted by molar-refractivity contribution is 6.07. The third kappa shape index (κ3) is 3.16. The Morgan fingerprint density at radius 1 is 1.04 bits per heavy atom. The number of carbonyl (C=O) groups excluding carboxylic acids is 2. The molecule has 0 radical (unpaired) electrons. The van der Waals surface area contributed by atoms with E-state index in [0.29, 0.717) is 38.5 Å². The molecule has 0 bridgehead atoms. The number of para-hydroxylation sites is 1. The van der Waals surface area contributed by atoms with E-state index < -0.39 is 0 Å². The molecule has 0 aliphatic carbocycles. The van der Waals surface area contributed by atoms with Crippen molar-refractivity contribution < 1.29 is 9.59 Å². The first-order valence-corrected chi connectivity index (χ1v) is 8.58. The minimum absolute atomic E-state index is 0.0581. The highest BCUT2D eigenvalue weighted by Crippen LogP contribution is 2.22. The zero-order valence-electron chi connectivity index (χ0n) is 14.7. The molecule has 1 aliphatic rings. The average molecular weight is 327 g/mol. The van der Waals surface area contributed by atoms with Crippen molar-refractivity contribution in [1.82, 2.24) is 14.4 Å². The van der Waals surface area contributed by atoms with Crippen molar-refractivity contribution in [3.05, 3.63) is 36.0 Å². The average Bonchev–Trinajstić information content (AvgIpc) is 2.91. The quantitative estimate of drug-likeness (QED) is 0.869. The Bertz CT molecular complexity index is 755. The van der Waals surface area contributed by atoms with E-state index in [1.54, 1.807) is 0 Å². The second-order valence-electron chi connectivity index (χ2n) is 6.94. The molecule has 2 heterocycles. The minimum Gasteiger partial charge on any atom is -0.350 e. The molecule has 1 fully saturated rings. The van der Waals surface area contributed by atoms with Gasteiger partial charge < -0.3 is 14.4 Å². The van der Waals surface area contributed by atoms with E-state index in [1.807, 2.05) is 51.9 Å². The van der Waals surface area contributed by atoms with Gasteiger partial charge in [-0.05, 0) is 12.0 Å². The first-order valence-electron chi connectivity index (χ1n) is 8.58. The van der Waals surface area contributed by atoms with Gasteiger partial charge in [-0.25, -0.2) is 0 Å². The molecule has 5 heteroatoms. The SMILES string of the molecule is CC(C)CC(=O)N1CCN(C(=O)c2cn(C)c3ccccc23)CC1. The molecule has 1 aromatic carbocycles. The fourth-order valence-corrected chi connectivity index (χ4v) is 3.32. The number of amides is 2. The fourth-order valence-electron chi connectivity index (χ4n) is 3.32. The summed E-state index contributed by atoms with van der Waals surface area (Å²) in [5.41, 5.74) is 1.81. The number of aryl methyl sites for hydroxylation is 1. The molecule has 0 spiro atoms. The van der Waals surface area contributed by atoms with Gasteiger partial charge in [0, 0.05) is 56.7 Å². The Kier molecular flexibility index (Phi) is 4.60. The molecular weight excluding hydrogens is 302 g/mol. The predicted molar refractivity (Wildman–Crippen MR) is 94.9 cm³/mol. The fraction of sp³-hybridized carbons (Fsp3) is 0.474. The number of rotatable bonds is 3. The Hall–Kier alpha value is -2.30. The summed E-state index contributed by atoms with van der Waals surface area (Å²) in [5, 5.41) is 0.989. The highest BCUT2D eigenvalue weighted by Gasteiger charge is 2.26. The third-order valence-electron chi connectivity index (χ3n) is 4.63. The maximum atomic E-state index is 12.9. The Labute approximate surface area is 142 Å². The summed E-state index contributed by atoms with van der Waals surface area (Å²) < 4.78 is 1.99. The molecule has 3 rings (SSSR count). The van der Waals surface area contributed by atoms with Crippen LogP contribution in [0.2, 0.25) is 0 Å². The van der Waals surface area contributed by atoms with E-state index in [2.05, 4.69) is 13.8 Å². The van der Waals surface area contributed by atoms with E-state index >= 15 is 0 Å². The molecule has 5 nitrogen and oxygen atoms in total. The lowest BCUT2D eigenvalue weighted by molar-refractivity contribution is -0.133. The van der Waals surface area contributed by atoms with E-state index in [0.717, 1.165) is 16.5 Å². The van der Waals surface area contributed by atoms with Gasteiger partial charge >= 0.3 is 0 Å². The third-order valence-corrected chi connectivity index (χ3v) is 4.63. The molecule has 0 saturated carbocycles. The minimum atomic E-state index is 0.0581. The van der Waals surface area contributed by atoms with Crippen LogP contribution in [0.4, 0.5) is 0 Å². The van der Waals surface area contributed by atoms with E-state index in [9.17, 15) is 9.59 Å². The largest absolute Gasteiger partial charge is 0.350 e. The van der Waals surface area contributed by atoms with Crippen LogP contribution in [-0.2, 0) is 11.8 Å². The van der Waals surface area contributed by atoms with Crippen molar-refractivity contribution in [3.8, 4) is 0 Å². The lowest BCUT2D eigenvalue weighted by Gasteiger charge is -2.35. The van der Waals surface area contributed by atoms with Gasteiger partial charge in [0.1, 0.15) is 0 Å². The van der Waals surface area contributed by atoms with E-state index in [4.69, 9.17) is 0 Å². The van der Waals surface area contributed by atoms with Crippen molar-refractivity contribution in [2.75, 3.05) is 26.2 Å². The molecule has 0 N–H and O–H groups in total. The Balaban J connectivity index is 1.70. The second-order valence-corrected chi connectivity index (χ2v) is 6.94. The van der Waals surface area contributed by atoms with Crippen molar-refractivity contribution in [3.63, 3.8) is 0 Å². The summed E-state index contributed by atoms with van der Waals surface area (Å²) in [5.74, 6) is 0.623. The van der Waals surface area contributed by atoms with Gasteiger partial charge in [-0.2, -0.15) is 0 Å². The summed E-state index contributed by atoms with van der Waals surface area (Å²) in [6, 6.07) is 7.96. The molecule has 128 valence electrons. The maximum absolute atomic E-state index is 12.9. The molecule has 2 amide bonds. The number of hydrogen-bond donors (Lipinski definition) is 0. The van der Waals surface area contributed by atoms with Crippen molar-refractivity contribution in [2.45, 2.75) is 20.3 Å². The van der Waals surface area contributed by atoms with Crippen LogP contribution in [0, 0.1) is 5.92 Å². The van der Waals surface area contributed by atoms with Crippen molar-refractivity contribution in [2.24, 2.45) is 13.0 Å². The molecule has 0 unspecified atom stereocenters. The summed E-state index contributed by atoms with van der Waals surface area (Å²) in [4.78, 5) is 28.8. The smallest absolute Gasteiger partial charge is 0.256 e. The lowest BCUT2D eigenvalue weighted by Crippen LogP contribution is -2.50. The van der Waals surface area contributed by atoms with Gasteiger partial charge in [0.25, 0.3) is 5.91 Å². The van der Waals surface area contributed by atoms with Crippen LogP contribution in [0.3, 0.4) is 0 Å². The van der Waals surface area contributed by atoms with Crippen molar-refractivity contribution in [1.29, 1.82) is 0 Å². The van der Waals surface area contributed by atoms with Crippen molar-refractivity contribution >= 4 is 22.7 Å². The number of aromatic nitrogens is 1. The monoisotopic (exact) mass is 327 g/mol. The molecule has 1 saturated heterocycles. The molecule has 0 atom stereocenters. The predicted octanol–water partition coefficient (Wildman–Crippen LogP) is 2.51. The van der Waals surface area contributed by atoms with E-state index in [-0.39, 0.29) is 11.8 Å². The first-order chi connectivity index (χ1) is 11.5. The molecule has 1 aliphatic heterocycles.